The SMILES string of the molecule is Cc1cccc(-c2nsc(Oc3cc(C)c(N=CN(C)C)cc3C)c2C#N)c1. The van der Waals surface area contributed by atoms with Crippen LogP contribution in [0.25, 0.3) is 11.3 Å². The van der Waals surface area contributed by atoms with Gasteiger partial charge in [-0.1, -0.05) is 23.8 Å². The van der Waals surface area contributed by atoms with Gasteiger partial charge in [0.15, 0.2) is 0 Å². The van der Waals surface area contributed by atoms with E-state index in [9.17, 15) is 5.26 Å². The summed E-state index contributed by atoms with van der Waals surface area (Å²) in [7, 11) is 3.87. The van der Waals surface area contributed by atoms with Gasteiger partial charge in [-0.15, -0.1) is 0 Å². The predicted octanol–water partition coefficient (Wildman–Crippen LogP) is 5.62. The Balaban J connectivity index is 1.95. The zero-order valence-corrected chi connectivity index (χ0v) is 17.5. The molecule has 0 radical (unpaired) electrons. The number of hydrogen-bond acceptors (Lipinski definition) is 5. The van der Waals surface area contributed by atoms with Crippen LogP contribution in [0, 0.1) is 32.1 Å². The van der Waals surface area contributed by atoms with Crippen LogP contribution in [0.1, 0.15) is 22.3 Å². The van der Waals surface area contributed by atoms with Crippen molar-refractivity contribution in [2.24, 2.45) is 4.99 Å². The van der Waals surface area contributed by atoms with E-state index in [1.165, 1.54) is 11.5 Å². The van der Waals surface area contributed by atoms with Gasteiger partial charge in [-0.3, -0.25) is 0 Å². The average molecular weight is 391 g/mol. The summed E-state index contributed by atoms with van der Waals surface area (Å²) in [4.78, 5) is 6.37. The lowest BCUT2D eigenvalue weighted by Crippen LogP contribution is -2.07. The molecule has 2 aromatic carbocycles. The Bertz CT molecular complexity index is 1080. The van der Waals surface area contributed by atoms with Gasteiger partial charge in [0.2, 0.25) is 5.06 Å². The summed E-state index contributed by atoms with van der Waals surface area (Å²) in [5.41, 5.74) is 6.01. The lowest BCUT2D eigenvalue weighted by atomic mass is 10.1. The highest BCUT2D eigenvalue weighted by Crippen LogP contribution is 2.38. The molecule has 0 aliphatic rings. The van der Waals surface area contributed by atoms with Crippen molar-refractivity contribution in [3.05, 3.63) is 58.7 Å². The molecule has 3 rings (SSSR count). The van der Waals surface area contributed by atoms with Crippen LogP contribution in [-0.2, 0) is 0 Å². The van der Waals surface area contributed by atoms with Gasteiger partial charge in [-0.2, -0.15) is 9.64 Å². The van der Waals surface area contributed by atoms with Crippen molar-refractivity contribution in [1.29, 1.82) is 5.26 Å². The Morgan fingerprint density at radius 3 is 2.61 bits per heavy atom. The number of hydrogen-bond donors (Lipinski definition) is 0. The van der Waals surface area contributed by atoms with Crippen LogP contribution >= 0.6 is 11.5 Å². The van der Waals surface area contributed by atoms with Crippen molar-refractivity contribution in [2.75, 3.05) is 14.1 Å². The largest absolute Gasteiger partial charge is 0.443 e. The lowest BCUT2D eigenvalue weighted by molar-refractivity contribution is 0.491. The van der Waals surface area contributed by atoms with Gasteiger partial charge >= 0.3 is 0 Å². The van der Waals surface area contributed by atoms with E-state index in [2.05, 4.69) is 15.4 Å². The number of aryl methyl sites for hydroxylation is 3. The van der Waals surface area contributed by atoms with E-state index in [-0.39, 0.29) is 0 Å². The quantitative estimate of drug-likeness (QED) is 0.419. The molecule has 142 valence electrons. The molecule has 0 amide bonds. The molecule has 0 saturated heterocycles. The van der Waals surface area contributed by atoms with E-state index >= 15 is 0 Å². The molecule has 6 heteroatoms. The minimum absolute atomic E-state index is 0.461. The molecular weight excluding hydrogens is 368 g/mol. The maximum Gasteiger partial charge on any atom is 0.218 e. The molecule has 0 fully saturated rings. The van der Waals surface area contributed by atoms with Gasteiger partial charge < -0.3 is 9.64 Å². The van der Waals surface area contributed by atoms with Crippen molar-refractivity contribution in [1.82, 2.24) is 9.27 Å². The van der Waals surface area contributed by atoms with Gasteiger partial charge in [0.25, 0.3) is 0 Å². The van der Waals surface area contributed by atoms with Crippen LogP contribution in [-0.4, -0.2) is 29.7 Å². The average Bonchev–Trinajstić information content (AvgIpc) is 3.05. The zero-order valence-electron chi connectivity index (χ0n) is 16.6. The van der Waals surface area contributed by atoms with Crippen molar-refractivity contribution >= 4 is 23.6 Å². The monoisotopic (exact) mass is 390 g/mol. The Morgan fingerprint density at radius 1 is 1.14 bits per heavy atom. The molecule has 0 bridgehead atoms. The number of aromatic nitrogens is 1. The minimum atomic E-state index is 0.461. The molecule has 1 aromatic heterocycles. The lowest BCUT2D eigenvalue weighted by Gasteiger charge is -2.11. The van der Waals surface area contributed by atoms with Crippen LogP contribution in [0.15, 0.2) is 41.4 Å². The number of benzene rings is 2. The summed E-state index contributed by atoms with van der Waals surface area (Å²) >= 11 is 1.20. The molecule has 0 aliphatic heterocycles. The van der Waals surface area contributed by atoms with E-state index < -0.39 is 0 Å². The fourth-order valence-electron chi connectivity index (χ4n) is 2.73. The zero-order chi connectivity index (χ0) is 20.3. The highest BCUT2D eigenvalue weighted by atomic mass is 32.1. The van der Waals surface area contributed by atoms with Crippen LogP contribution < -0.4 is 4.74 Å². The van der Waals surface area contributed by atoms with E-state index in [0.717, 1.165) is 27.9 Å². The first-order valence-electron chi connectivity index (χ1n) is 8.85. The minimum Gasteiger partial charge on any atom is -0.443 e. The molecule has 1 heterocycles. The number of ether oxygens (including phenoxy) is 1. The second kappa shape index (κ2) is 8.24. The first-order valence-corrected chi connectivity index (χ1v) is 9.63. The number of nitriles is 1. The predicted molar refractivity (Wildman–Crippen MR) is 115 cm³/mol. The van der Waals surface area contributed by atoms with Gasteiger partial charge in [-0.05, 0) is 50.1 Å². The molecule has 28 heavy (non-hydrogen) atoms. The van der Waals surface area contributed by atoms with E-state index in [1.54, 1.807) is 6.34 Å². The molecule has 0 unspecified atom stereocenters. The maximum absolute atomic E-state index is 9.70. The third-order valence-corrected chi connectivity index (χ3v) is 4.92. The summed E-state index contributed by atoms with van der Waals surface area (Å²) in [6.45, 7) is 5.98. The number of nitrogens with zero attached hydrogens (tertiary/aromatic N) is 4. The fraction of sp³-hybridized carbons (Fsp3) is 0.227. The van der Waals surface area contributed by atoms with Crippen molar-refractivity contribution in [2.45, 2.75) is 20.8 Å². The van der Waals surface area contributed by atoms with Crippen LogP contribution in [0.3, 0.4) is 0 Å². The molecular formula is C22H22N4OS. The van der Waals surface area contributed by atoms with Crippen LogP contribution in [0.2, 0.25) is 0 Å². The van der Waals surface area contributed by atoms with E-state index in [1.807, 2.05) is 76.2 Å². The van der Waals surface area contributed by atoms with Gasteiger partial charge in [0, 0.05) is 31.2 Å². The topological polar surface area (TPSA) is 61.5 Å². The molecule has 5 nitrogen and oxygen atoms in total. The van der Waals surface area contributed by atoms with Crippen molar-refractivity contribution < 1.29 is 4.74 Å². The van der Waals surface area contributed by atoms with Gasteiger partial charge in [0.1, 0.15) is 23.1 Å². The molecule has 0 N–H and O–H groups in total. The first kappa shape index (κ1) is 19.6. The van der Waals surface area contributed by atoms with E-state index in [0.29, 0.717) is 22.1 Å². The van der Waals surface area contributed by atoms with Gasteiger partial charge in [0.05, 0.1) is 12.0 Å². The number of rotatable bonds is 5. The third-order valence-electron chi connectivity index (χ3n) is 4.19. The van der Waals surface area contributed by atoms with Crippen LogP contribution in [0.5, 0.6) is 10.8 Å². The Labute approximate surface area is 169 Å². The van der Waals surface area contributed by atoms with Crippen molar-refractivity contribution in [3.8, 4) is 28.1 Å². The van der Waals surface area contributed by atoms with E-state index in [4.69, 9.17) is 4.74 Å². The van der Waals surface area contributed by atoms with Crippen LogP contribution in [0.4, 0.5) is 5.69 Å². The van der Waals surface area contributed by atoms with Gasteiger partial charge in [-0.25, -0.2) is 4.99 Å². The normalized spacial score (nSPS) is 10.9. The fourth-order valence-corrected chi connectivity index (χ4v) is 3.47. The highest BCUT2D eigenvalue weighted by molar-refractivity contribution is 7.08. The second-order valence-electron chi connectivity index (χ2n) is 6.89. The Kier molecular flexibility index (Phi) is 5.76. The smallest absolute Gasteiger partial charge is 0.218 e. The molecule has 0 aliphatic carbocycles. The Hall–Kier alpha value is -3.17. The molecule has 0 atom stereocenters. The van der Waals surface area contributed by atoms with Crippen molar-refractivity contribution in [3.63, 3.8) is 0 Å². The second-order valence-corrected chi connectivity index (χ2v) is 7.63. The first-order chi connectivity index (χ1) is 13.4. The summed E-state index contributed by atoms with van der Waals surface area (Å²) in [6, 6.07) is 14.2. The third kappa shape index (κ3) is 4.21. The molecule has 0 spiro atoms. The molecule has 0 saturated carbocycles. The standard InChI is InChI=1S/C22H22N4OS/c1-14-7-6-8-17(9-14)21-18(12-23)22(28-25-21)27-20-11-15(2)19(10-16(20)3)24-13-26(4)5/h6-11,13H,1-5H3. The maximum atomic E-state index is 9.70. The summed E-state index contributed by atoms with van der Waals surface area (Å²) in [5.74, 6) is 0.706. The summed E-state index contributed by atoms with van der Waals surface area (Å²) in [5, 5.41) is 10.2. The molecule has 3 aromatic rings. The summed E-state index contributed by atoms with van der Waals surface area (Å²) < 4.78 is 10.6. The number of aliphatic imine (C=N–C) groups is 1. The summed E-state index contributed by atoms with van der Waals surface area (Å²) in [6.07, 6.45) is 1.77. The Morgan fingerprint density at radius 2 is 1.93 bits per heavy atom. The highest BCUT2D eigenvalue weighted by Gasteiger charge is 2.18.